The maximum atomic E-state index is 13.3. The molecular formula is C20H23N3O2S. The topological polar surface area (TPSA) is 56.1 Å². The van der Waals surface area contributed by atoms with Gasteiger partial charge in [-0.15, -0.1) is 11.3 Å². The predicted octanol–water partition coefficient (Wildman–Crippen LogP) is 3.04. The molecule has 0 amide bonds. The molecule has 136 valence electrons. The molecule has 1 atom stereocenters. The third-order valence-corrected chi connectivity index (χ3v) is 5.94. The van der Waals surface area contributed by atoms with E-state index >= 15 is 0 Å². The van der Waals surface area contributed by atoms with Crippen LogP contribution in [0.25, 0.3) is 21.3 Å². The smallest absolute Gasteiger partial charge is 0.262 e. The maximum Gasteiger partial charge on any atom is 0.262 e. The summed E-state index contributed by atoms with van der Waals surface area (Å²) in [4.78, 5) is 19.8. The number of benzene rings is 1. The van der Waals surface area contributed by atoms with Crippen LogP contribution in [0, 0.1) is 20.8 Å². The van der Waals surface area contributed by atoms with Crippen LogP contribution in [0.4, 0.5) is 0 Å². The second-order valence-electron chi connectivity index (χ2n) is 6.93. The summed E-state index contributed by atoms with van der Waals surface area (Å²) in [6.45, 7) is 9.07. The van der Waals surface area contributed by atoms with Gasteiger partial charge in [-0.25, -0.2) is 4.98 Å². The molecular weight excluding hydrogens is 346 g/mol. The van der Waals surface area contributed by atoms with E-state index in [1.54, 1.807) is 22.2 Å². The monoisotopic (exact) mass is 369 g/mol. The van der Waals surface area contributed by atoms with Gasteiger partial charge in [0.05, 0.1) is 31.0 Å². The predicted molar refractivity (Wildman–Crippen MR) is 106 cm³/mol. The van der Waals surface area contributed by atoms with Crippen molar-refractivity contribution in [3.63, 3.8) is 0 Å². The summed E-state index contributed by atoms with van der Waals surface area (Å²) in [6, 6.07) is 6.38. The van der Waals surface area contributed by atoms with Crippen LogP contribution in [-0.2, 0) is 11.3 Å². The fourth-order valence-electron chi connectivity index (χ4n) is 3.55. The summed E-state index contributed by atoms with van der Waals surface area (Å²) >= 11 is 1.59. The number of aromatic nitrogens is 2. The molecule has 0 saturated carbocycles. The third-order valence-electron chi connectivity index (χ3n) is 4.92. The Morgan fingerprint density at radius 1 is 1.35 bits per heavy atom. The van der Waals surface area contributed by atoms with E-state index in [0.29, 0.717) is 13.2 Å². The normalized spacial score (nSPS) is 17.7. The summed E-state index contributed by atoms with van der Waals surface area (Å²) in [6.07, 6.45) is 1.66. The lowest BCUT2D eigenvalue weighted by molar-refractivity contribution is 0.0175. The molecule has 3 heterocycles. The Labute approximate surface area is 156 Å². The quantitative estimate of drug-likeness (QED) is 0.771. The highest BCUT2D eigenvalue weighted by molar-refractivity contribution is 7.19. The first-order valence-corrected chi connectivity index (χ1v) is 9.74. The minimum absolute atomic E-state index is 0.00425. The number of hydrogen-bond acceptors (Lipinski definition) is 5. The summed E-state index contributed by atoms with van der Waals surface area (Å²) in [5.74, 6) is 0. The summed E-state index contributed by atoms with van der Waals surface area (Å²) < 4.78 is 7.45. The van der Waals surface area contributed by atoms with Gasteiger partial charge in [-0.3, -0.25) is 9.36 Å². The van der Waals surface area contributed by atoms with Crippen molar-refractivity contribution in [1.82, 2.24) is 14.9 Å². The van der Waals surface area contributed by atoms with Crippen LogP contribution in [0.3, 0.4) is 0 Å². The minimum Gasteiger partial charge on any atom is -0.374 e. The van der Waals surface area contributed by atoms with E-state index in [-0.39, 0.29) is 11.7 Å². The average molecular weight is 369 g/mol. The van der Waals surface area contributed by atoms with Crippen LogP contribution < -0.4 is 10.9 Å². The Balaban J connectivity index is 1.86. The molecule has 0 bridgehead atoms. The van der Waals surface area contributed by atoms with Crippen molar-refractivity contribution in [2.45, 2.75) is 33.4 Å². The molecule has 1 aromatic carbocycles. The van der Waals surface area contributed by atoms with Crippen molar-refractivity contribution in [1.29, 1.82) is 0 Å². The molecule has 1 N–H and O–H groups in total. The minimum atomic E-state index is 0.00425. The van der Waals surface area contributed by atoms with Crippen molar-refractivity contribution in [2.75, 3.05) is 19.7 Å². The highest BCUT2D eigenvalue weighted by Crippen LogP contribution is 2.37. The van der Waals surface area contributed by atoms with E-state index < -0.39 is 0 Å². The number of aryl methyl sites for hydroxylation is 3. The second-order valence-corrected chi connectivity index (χ2v) is 8.13. The fourth-order valence-corrected chi connectivity index (χ4v) is 4.55. The molecule has 6 heteroatoms. The highest BCUT2D eigenvalue weighted by Gasteiger charge is 2.20. The molecule has 2 aromatic heterocycles. The van der Waals surface area contributed by atoms with Gasteiger partial charge in [0.15, 0.2) is 0 Å². The molecule has 1 saturated heterocycles. The van der Waals surface area contributed by atoms with Gasteiger partial charge in [0.2, 0.25) is 0 Å². The van der Waals surface area contributed by atoms with Gasteiger partial charge in [-0.2, -0.15) is 0 Å². The van der Waals surface area contributed by atoms with Crippen LogP contribution in [-0.4, -0.2) is 35.4 Å². The van der Waals surface area contributed by atoms with Gasteiger partial charge in [0, 0.05) is 23.5 Å². The zero-order valence-corrected chi connectivity index (χ0v) is 16.2. The Hall–Kier alpha value is -2.02. The summed E-state index contributed by atoms with van der Waals surface area (Å²) in [5.41, 5.74) is 4.54. The summed E-state index contributed by atoms with van der Waals surface area (Å²) in [7, 11) is 0. The van der Waals surface area contributed by atoms with E-state index in [0.717, 1.165) is 39.3 Å². The molecule has 0 radical (unpaired) electrons. The van der Waals surface area contributed by atoms with E-state index in [9.17, 15) is 4.79 Å². The Bertz CT molecular complexity index is 1020. The van der Waals surface area contributed by atoms with E-state index in [4.69, 9.17) is 4.74 Å². The Morgan fingerprint density at radius 2 is 2.19 bits per heavy atom. The molecule has 1 unspecified atom stereocenters. The Kier molecular flexibility index (Phi) is 4.65. The number of ether oxygens (including phenoxy) is 1. The lowest BCUT2D eigenvalue weighted by Gasteiger charge is -2.24. The number of rotatable bonds is 3. The van der Waals surface area contributed by atoms with Gasteiger partial charge >= 0.3 is 0 Å². The first kappa shape index (κ1) is 17.4. The first-order valence-electron chi connectivity index (χ1n) is 8.93. The number of hydrogen-bond donors (Lipinski definition) is 1. The molecule has 3 aromatic rings. The molecule has 1 aliphatic heterocycles. The standard InChI is InChI=1S/C20H23N3O2S/c1-12-4-5-13(2)16(8-12)17-14(3)26-19-18(17)20(24)23(11-22-19)10-15-9-21-6-7-25-15/h4-5,8,11,15,21H,6-7,9-10H2,1-3H3. The molecule has 1 aliphatic rings. The zero-order valence-electron chi connectivity index (χ0n) is 15.3. The lowest BCUT2D eigenvalue weighted by Crippen LogP contribution is -2.42. The number of fused-ring (bicyclic) bond motifs is 1. The largest absolute Gasteiger partial charge is 0.374 e. The number of morpholine rings is 1. The van der Waals surface area contributed by atoms with E-state index in [1.807, 2.05) is 0 Å². The second kappa shape index (κ2) is 6.95. The van der Waals surface area contributed by atoms with Gasteiger partial charge in [-0.1, -0.05) is 23.8 Å². The average Bonchev–Trinajstić information content (AvgIpc) is 2.97. The molecule has 26 heavy (non-hydrogen) atoms. The van der Waals surface area contributed by atoms with E-state index in [2.05, 4.69) is 49.3 Å². The van der Waals surface area contributed by atoms with Crippen molar-refractivity contribution >= 4 is 21.6 Å². The highest BCUT2D eigenvalue weighted by atomic mass is 32.1. The Morgan fingerprint density at radius 3 is 2.96 bits per heavy atom. The fraction of sp³-hybridized carbons (Fsp3) is 0.400. The molecule has 5 nitrogen and oxygen atoms in total. The van der Waals surface area contributed by atoms with Crippen LogP contribution in [0.2, 0.25) is 0 Å². The van der Waals surface area contributed by atoms with Crippen LogP contribution in [0.1, 0.15) is 16.0 Å². The number of nitrogens with one attached hydrogen (secondary N) is 1. The molecule has 1 fully saturated rings. The van der Waals surface area contributed by atoms with Crippen molar-refractivity contribution in [2.24, 2.45) is 0 Å². The SMILES string of the molecule is Cc1ccc(C)c(-c2c(C)sc3ncn(CC4CNCCO4)c(=O)c23)c1. The molecule has 4 rings (SSSR count). The molecule has 0 spiro atoms. The van der Waals surface area contributed by atoms with E-state index in [1.165, 1.54) is 11.1 Å². The molecule has 0 aliphatic carbocycles. The first-order chi connectivity index (χ1) is 12.5. The van der Waals surface area contributed by atoms with Gasteiger partial charge in [0.1, 0.15) is 4.83 Å². The summed E-state index contributed by atoms with van der Waals surface area (Å²) in [5, 5.41) is 4.04. The van der Waals surface area contributed by atoms with Gasteiger partial charge in [0.25, 0.3) is 5.56 Å². The van der Waals surface area contributed by atoms with Crippen LogP contribution in [0.5, 0.6) is 0 Å². The number of thiophene rings is 1. The van der Waals surface area contributed by atoms with Crippen molar-refractivity contribution in [3.05, 3.63) is 50.9 Å². The van der Waals surface area contributed by atoms with Crippen LogP contribution >= 0.6 is 11.3 Å². The maximum absolute atomic E-state index is 13.3. The third kappa shape index (κ3) is 3.09. The van der Waals surface area contributed by atoms with Crippen molar-refractivity contribution < 1.29 is 4.74 Å². The zero-order chi connectivity index (χ0) is 18.3. The van der Waals surface area contributed by atoms with Crippen LogP contribution in [0.15, 0.2) is 29.3 Å². The van der Waals surface area contributed by atoms with Gasteiger partial charge < -0.3 is 10.1 Å². The lowest BCUT2D eigenvalue weighted by atomic mass is 9.97. The van der Waals surface area contributed by atoms with Gasteiger partial charge in [-0.05, 0) is 31.9 Å². The number of nitrogens with zero attached hydrogens (tertiary/aromatic N) is 2. The van der Waals surface area contributed by atoms with Crippen molar-refractivity contribution in [3.8, 4) is 11.1 Å².